The van der Waals surface area contributed by atoms with E-state index < -0.39 is 9.84 Å². The third-order valence-electron chi connectivity index (χ3n) is 4.80. The molecular formula is C22H23FN2O4S. The first-order valence-corrected chi connectivity index (χ1v) is 11.2. The van der Waals surface area contributed by atoms with Crippen LogP contribution in [-0.2, 0) is 21.1 Å². The Kier molecular flexibility index (Phi) is 6.38. The normalized spacial score (nSPS) is 11.5. The molecule has 0 aliphatic rings. The van der Waals surface area contributed by atoms with Gasteiger partial charge in [0.2, 0.25) is 5.91 Å². The highest BCUT2D eigenvalue weighted by molar-refractivity contribution is 7.90. The minimum absolute atomic E-state index is 0.119. The van der Waals surface area contributed by atoms with E-state index in [-0.39, 0.29) is 36.2 Å². The number of aromatic nitrogens is 1. The molecule has 2 N–H and O–H groups in total. The Bertz CT molecular complexity index is 1150. The van der Waals surface area contributed by atoms with E-state index in [0.29, 0.717) is 0 Å². The molecule has 0 fully saturated rings. The topological polar surface area (TPSA) is 88.4 Å². The summed E-state index contributed by atoms with van der Waals surface area (Å²) in [5, 5.41) is 11.5. The van der Waals surface area contributed by atoms with Gasteiger partial charge in [0.15, 0.2) is 9.84 Å². The van der Waals surface area contributed by atoms with Gasteiger partial charge in [0.05, 0.1) is 23.6 Å². The lowest BCUT2D eigenvalue weighted by molar-refractivity contribution is -0.120. The Morgan fingerprint density at radius 2 is 1.73 bits per heavy atom. The minimum atomic E-state index is -3.32. The van der Waals surface area contributed by atoms with Crippen molar-refractivity contribution in [3.05, 3.63) is 71.7 Å². The number of hydrogen-bond donors (Lipinski definition) is 2. The quantitative estimate of drug-likeness (QED) is 0.603. The number of carbonyl (C=O) groups is 1. The van der Waals surface area contributed by atoms with E-state index in [2.05, 4.69) is 5.32 Å². The fourth-order valence-corrected chi connectivity index (χ4v) is 3.91. The molecule has 3 aromatic rings. The molecule has 30 heavy (non-hydrogen) atoms. The summed E-state index contributed by atoms with van der Waals surface area (Å²) in [5.41, 5.74) is 3.82. The van der Waals surface area contributed by atoms with Gasteiger partial charge in [-0.15, -0.1) is 0 Å². The van der Waals surface area contributed by atoms with E-state index in [1.165, 1.54) is 24.3 Å². The summed E-state index contributed by atoms with van der Waals surface area (Å²) in [6.07, 6.45) is 1.27. The van der Waals surface area contributed by atoms with E-state index in [1.54, 1.807) is 24.3 Å². The molecule has 0 saturated heterocycles. The summed E-state index contributed by atoms with van der Waals surface area (Å²) < 4.78 is 38.9. The van der Waals surface area contributed by atoms with Crippen molar-refractivity contribution in [2.75, 3.05) is 19.4 Å². The summed E-state index contributed by atoms with van der Waals surface area (Å²) in [5.74, 6) is -0.575. The first kappa shape index (κ1) is 21.7. The number of hydrogen-bond acceptors (Lipinski definition) is 4. The first-order chi connectivity index (χ1) is 14.2. The van der Waals surface area contributed by atoms with Crippen molar-refractivity contribution in [2.24, 2.45) is 0 Å². The molecule has 8 heteroatoms. The number of aliphatic hydroxyl groups is 1. The molecule has 0 bridgehead atoms. The second-order valence-corrected chi connectivity index (χ2v) is 9.01. The number of nitrogens with zero attached hydrogens (tertiary/aromatic N) is 1. The third-order valence-corrected chi connectivity index (χ3v) is 5.93. The van der Waals surface area contributed by atoms with Crippen molar-refractivity contribution < 1.29 is 22.7 Å². The molecule has 158 valence electrons. The maximum Gasteiger partial charge on any atom is 0.224 e. The molecule has 0 aliphatic heterocycles. The number of sulfone groups is 1. The van der Waals surface area contributed by atoms with E-state index in [4.69, 9.17) is 5.11 Å². The molecule has 3 rings (SSSR count). The monoisotopic (exact) mass is 430 g/mol. The van der Waals surface area contributed by atoms with Gasteiger partial charge in [-0.2, -0.15) is 0 Å². The van der Waals surface area contributed by atoms with Crippen LogP contribution in [0.5, 0.6) is 0 Å². The van der Waals surface area contributed by atoms with Crippen LogP contribution in [0.25, 0.3) is 16.9 Å². The van der Waals surface area contributed by atoms with E-state index in [9.17, 15) is 17.6 Å². The van der Waals surface area contributed by atoms with Gasteiger partial charge in [0.25, 0.3) is 0 Å². The third kappa shape index (κ3) is 4.77. The standard InChI is InChI=1S/C22H23FN2O4S/c1-15-17(14-22(27)24-11-12-26)13-21(25(15)19-7-5-18(23)6-8-19)16-3-9-20(10-4-16)30(2,28)29/h3-10,13,26H,11-12,14H2,1-2H3,(H,24,27). The predicted molar refractivity (Wildman–Crippen MR) is 113 cm³/mol. The molecule has 2 aromatic carbocycles. The Hall–Kier alpha value is -2.97. The largest absolute Gasteiger partial charge is 0.395 e. The van der Waals surface area contributed by atoms with Gasteiger partial charge in [0, 0.05) is 24.2 Å². The second kappa shape index (κ2) is 8.81. The van der Waals surface area contributed by atoms with Gasteiger partial charge in [-0.25, -0.2) is 12.8 Å². The highest BCUT2D eigenvalue weighted by Crippen LogP contribution is 2.30. The van der Waals surface area contributed by atoms with Crippen molar-refractivity contribution in [3.8, 4) is 16.9 Å². The molecule has 0 saturated carbocycles. The molecule has 0 unspecified atom stereocenters. The number of nitrogens with one attached hydrogen (secondary N) is 1. The summed E-state index contributed by atoms with van der Waals surface area (Å²) in [7, 11) is -3.32. The zero-order chi connectivity index (χ0) is 21.9. The zero-order valence-corrected chi connectivity index (χ0v) is 17.5. The number of amides is 1. The average molecular weight is 431 g/mol. The van der Waals surface area contributed by atoms with Crippen LogP contribution in [0.1, 0.15) is 11.3 Å². The van der Waals surface area contributed by atoms with Crippen molar-refractivity contribution in [2.45, 2.75) is 18.2 Å². The molecule has 6 nitrogen and oxygen atoms in total. The second-order valence-electron chi connectivity index (χ2n) is 7.00. The van der Waals surface area contributed by atoms with E-state index in [1.807, 2.05) is 17.6 Å². The maximum absolute atomic E-state index is 13.4. The van der Waals surface area contributed by atoms with Crippen LogP contribution in [0.2, 0.25) is 0 Å². The average Bonchev–Trinajstić information content (AvgIpc) is 3.02. The van der Waals surface area contributed by atoms with E-state index >= 15 is 0 Å². The van der Waals surface area contributed by atoms with Crippen molar-refractivity contribution >= 4 is 15.7 Å². The number of carbonyl (C=O) groups excluding carboxylic acids is 1. The number of rotatable bonds is 7. The van der Waals surface area contributed by atoms with Gasteiger partial charge < -0.3 is 15.0 Å². The molecule has 0 radical (unpaired) electrons. The molecule has 1 aromatic heterocycles. The lowest BCUT2D eigenvalue weighted by Gasteiger charge is -2.13. The SMILES string of the molecule is Cc1c(CC(=O)NCCO)cc(-c2ccc(S(C)(=O)=O)cc2)n1-c1ccc(F)cc1. The van der Waals surface area contributed by atoms with Crippen LogP contribution in [0.15, 0.2) is 59.5 Å². The van der Waals surface area contributed by atoms with Crippen molar-refractivity contribution in [3.63, 3.8) is 0 Å². The van der Waals surface area contributed by atoms with Gasteiger partial charge >= 0.3 is 0 Å². The summed E-state index contributed by atoms with van der Waals surface area (Å²) in [6, 6.07) is 14.4. The lowest BCUT2D eigenvalue weighted by atomic mass is 10.1. The molecule has 1 amide bonds. The fraction of sp³-hybridized carbons (Fsp3) is 0.227. The summed E-state index contributed by atoms with van der Waals surface area (Å²) in [6.45, 7) is 1.90. The molecule has 0 atom stereocenters. The van der Waals surface area contributed by atoms with E-state index in [0.717, 1.165) is 34.5 Å². The van der Waals surface area contributed by atoms with Gasteiger partial charge in [0.1, 0.15) is 5.82 Å². The van der Waals surface area contributed by atoms with Crippen LogP contribution in [0.4, 0.5) is 4.39 Å². The molecule has 1 heterocycles. The zero-order valence-electron chi connectivity index (χ0n) is 16.7. The summed E-state index contributed by atoms with van der Waals surface area (Å²) in [4.78, 5) is 12.4. The van der Waals surface area contributed by atoms with Crippen LogP contribution in [0.3, 0.4) is 0 Å². The molecule has 0 spiro atoms. The Labute approximate surface area is 174 Å². The van der Waals surface area contributed by atoms with Gasteiger partial charge in [-0.1, -0.05) is 12.1 Å². The molecular weight excluding hydrogens is 407 g/mol. The predicted octanol–water partition coefficient (Wildman–Crippen LogP) is 2.65. The van der Waals surface area contributed by atoms with Crippen LogP contribution in [0, 0.1) is 12.7 Å². The van der Waals surface area contributed by atoms with Gasteiger partial charge in [-0.05, 0) is 60.5 Å². The first-order valence-electron chi connectivity index (χ1n) is 9.36. The molecule has 0 aliphatic carbocycles. The maximum atomic E-state index is 13.4. The van der Waals surface area contributed by atoms with Crippen LogP contribution >= 0.6 is 0 Å². The Morgan fingerprint density at radius 1 is 1.10 bits per heavy atom. The smallest absolute Gasteiger partial charge is 0.224 e. The van der Waals surface area contributed by atoms with Crippen LogP contribution in [-0.4, -0.2) is 43.4 Å². The van der Waals surface area contributed by atoms with Crippen molar-refractivity contribution in [1.29, 1.82) is 0 Å². The van der Waals surface area contributed by atoms with Crippen molar-refractivity contribution in [1.82, 2.24) is 9.88 Å². The summed E-state index contributed by atoms with van der Waals surface area (Å²) >= 11 is 0. The lowest BCUT2D eigenvalue weighted by Crippen LogP contribution is -2.27. The van der Waals surface area contributed by atoms with Gasteiger partial charge in [-0.3, -0.25) is 4.79 Å². The highest BCUT2D eigenvalue weighted by atomic mass is 32.2. The Morgan fingerprint density at radius 3 is 2.30 bits per heavy atom. The number of benzene rings is 2. The minimum Gasteiger partial charge on any atom is -0.395 e. The Balaban J connectivity index is 2.09. The number of halogens is 1. The fourth-order valence-electron chi connectivity index (χ4n) is 3.28. The number of aliphatic hydroxyl groups excluding tert-OH is 1. The highest BCUT2D eigenvalue weighted by Gasteiger charge is 2.18. The van der Waals surface area contributed by atoms with Crippen LogP contribution < -0.4 is 5.32 Å².